The summed E-state index contributed by atoms with van der Waals surface area (Å²) in [4.78, 5) is 24.9. The Kier molecular flexibility index (Phi) is 3.72. The van der Waals surface area contributed by atoms with Crippen LogP contribution in [0.15, 0.2) is 33.7 Å². The van der Waals surface area contributed by atoms with Crippen LogP contribution in [0.5, 0.6) is 5.75 Å². The Morgan fingerprint density at radius 2 is 2.00 bits per heavy atom. The summed E-state index contributed by atoms with van der Waals surface area (Å²) in [6.45, 7) is 6.07. The Balaban J connectivity index is 1.95. The van der Waals surface area contributed by atoms with Gasteiger partial charge in [0.1, 0.15) is 11.7 Å². The van der Waals surface area contributed by atoms with Gasteiger partial charge in [-0.05, 0) is 31.0 Å². The summed E-state index contributed by atoms with van der Waals surface area (Å²) in [6, 6.07) is 5.02. The van der Waals surface area contributed by atoms with Gasteiger partial charge in [-0.25, -0.2) is 4.79 Å². The van der Waals surface area contributed by atoms with E-state index in [1.165, 1.54) is 6.07 Å². The van der Waals surface area contributed by atoms with Gasteiger partial charge in [0.15, 0.2) is 11.3 Å². The van der Waals surface area contributed by atoms with Crippen LogP contribution >= 0.6 is 11.6 Å². The van der Waals surface area contributed by atoms with E-state index in [1.807, 2.05) is 20.8 Å². The van der Waals surface area contributed by atoms with Gasteiger partial charge in [-0.15, -0.1) is 0 Å². The molecule has 1 fully saturated rings. The van der Waals surface area contributed by atoms with Gasteiger partial charge in [-0.1, -0.05) is 32.4 Å². The molecule has 1 saturated carbocycles. The summed E-state index contributed by atoms with van der Waals surface area (Å²) in [5.41, 5.74) is 1.49. The first-order valence-electron chi connectivity index (χ1n) is 9.58. The van der Waals surface area contributed by atoms with E-state index >= 15 is 0 Å². The summed E-state index contributed by atoms with van der Waals surface area (Å²) in [5.74, 6) is -0.691. The molecule has 0 radical (unpaired) electrons. The first-order valence-corrected chi connectivity index (χ1v) is 9.95. The number of ether oxygens (including phenoxy) is 1. The van der Waals surface area contributed by atoms with E-state index in [4.69, 9.17) is 20.8 Å². The molecule has 1 atom stereocenters. The third-order valence-corrected chi connectivity index (χ3v) is 5.92. The van der Waals surface area contributed by atoms with E-state index in [0.29, 0.717) is 33.2 Å². The fourth-order valence-electron chi connectivity index (χ4n) is 4.16. The molecule has 3 heterocycles. The van der Waals surface area contributed by atoms with Gasteiger partial charge in [-0.3, -0.25) is 4.79 Å². The van der Waals surface area contributed by atoms with Crippen molar-refractivity contribution in [1.29, 1.82) is 0 Å². The number of furan rings is 1. The minimum Gasteiger partial charge on any atom is -0.480 e. The molecular weight excluding hydrogens is 394 g/mol. The number of carboxylic acids is 1. The zero-order valence-electron chi connectivity index (χ0n) is 16.3. The number of fused-ring (bicyclic) bond motifs is 5. The maximum atomic E-state index is 13.1. The standard InChI is InChI=1S/C22H20ClNO5/c1-22(2,3)19-13-8-14(21(26)27)20(25)24(10-4-5-10)16(13)12-9-15(23)11-6-7-28-17(11)18(12)29-19/h6-10,19H,4-5H2,1-3H3,(H,26,27)/t19-/m1/s1. The Labute approximate surface area is 171 Å². The molecule has 1 N–H and O–H groups in total. The molecule has 3 aromatic rings. The van der Waals surface area contributed by atoms with Gasteiger partial charge in [0.2, 0.25) is 0 Å². The Morgan fingerprint density at radius 1 is 1.28 bits per heavy atom. The third kappa shape index (κ3) is 2.62. The Bertz CT molecular complexity index is 1240. The average Bonchev–Trinajstić information content (AvgIpc) is 3.34. The summed E-state index contributed by atoms with van der Waals surface area (Å²) in [6.07, 6.45) is 2.78. The number of halogens is 1. The fraction of sp³-hybridized carbons (Fsp3) is 0.364. The van der Waals surface area contributed by atoms with Gasteiger partial charge in [0, 0.05) is 28.0 Å². The maximum Gasteiger partial charge on any atom is 0.341 e. The molecule has 0 bridgehead atoms. The van der Waals surface area contributed by atoms with Crippen molar-refractivity contribution in [3.63, 3.8) is 0 Å². The second-order valence-electron chi connectivity index (χ2n) is 8.84. The molecule has 1 aliphatic heterocycles. The van der Waals surface area contributed by atoms with Gasteiger partial charge < -0.3 is 18.8 Å². The fourth-order valence-corrected chi connectivity index (χ4v) is 4.42. The number of aromatic carboxylic acids is 1. The van der Waals surface area contributed by atoms with E-state index in [-0.39, 0.29) is 17.0 Å². The number of pyridine rings is 1. The van der Waals surface area contributed by atoms with Crippen LogP contribution in [0.3, 0.4) is 0 Å². The van der Waals surface area contributed by atoms with Crippen molar-refractivity contribution in [3.8, 4) is 17.0 Å². The van der Waals surface area contributed by atoms with Crippen molar-refractivity contribution in [2.45, 2.75) is 45.8 Å². The van der Waals surface area contributed by atoms with Gasteiger partial charge in [-0.2, -0.15) is 0 Å². The van der Waals surface area contributed by atoms with Crippen molar-refractivity contribution >= 4 is 28.5 Å². The normalized spacial score (nSPS) is 18.3. The second-order valence-corrected chi connectivity index (χ2v) is 9.24. The molecule has 5 rings (SSSR count). The highest BCUT2D eigenvalue weighted by atomic mass is 35.5. The van der Waals surface area contributed by atoms with Crippen LogP contribution in [0.4, 0.5) is 0 Å². The highest BCUT2D eigenvalue weighted by Gasteiger charge is 2.41. The van der Waals surface area contributed by atoms with Crippen molar-refractivity contribution in [1.82, 2.24) is 4.57 Å². The summed E-state index contributed by atoms with van der Waals surface area (Å²) < 4.78 is 13.7. The first kappa shape index (κ1) is 18.3. The Morgan fingerprint density at radius 3 is 2.62 bits per heavy atom. The zero-order chi connectivity index (χ0) is 20.7. The van der Waals surface area contributed by atoms with Crippen LogP contribution in [0.2, 0.25) is 5.02 Å². The van der Waals surface area contributed by atoms with Crippen LogP contribution in [0, 0.1) is 5.41 Å². The molecule has 1 aromatic carbocycles. The molecule has 7 heteroatoms. The summed E-state index contributed by atoms with van der Waals surface area (Å²) >= 11 is 6.50. The van der Waals surface area contributed by atoms with Crippen LogP contribution in [0.1, 0.15) is 61.7 Å². The first-order chi connectivity index (χ1) is 13.7. The number of carboxylic acid groups (broad SMARTS) is 1. The van der Waals surface area contributed by atoms with Crippen molar-refractivity contribution in [2.75, 3.05) is 0 Å². The highest BCUT2D eigenvalue weighted by Crippen LogP contribution is 2.53. The molecule has 2 aromatic heterocycles. The molecule has 29 heavy (non-hydrogen) atoms. The smallest absolute Gasteiger partial charge is 0.341 e. The lowest BCUT2D eigenvalue weighted by Gasteiger charge is -2.38. The predicted octanol–water partition coefficient (Wildman–Crippen LogP) is 5.43. The number of nitrogens with zero attached hydrogens (tertiary/aromatic N) is 1. The SMILES string of the molecule is CC(C)(C)[C@@H]1Oc2c(cc(Cl)c3ccoc23)-c2c1cc(C(=O)O)c(=O)n2C1CC1. The number of hydrogen-bond donors (Lipinski definition) is 1. The monoisotopic (exact) mass is 413 g/mol. The zero-order valence-corrected chi connectivity index (χ0v) is 17.0. The average molecular weight is 414 g/mol. The topological polar surface area (TPSA) is 81.7 Å². The number of aromatic nitrogens is 1. The molecule has 0 unspecified atom stereocenters. The Hall–Kier alpha value is -2.73. The number of hydrogen-bond acceptors (Lipinski definition) is 4. The van der Waals surface area contributed by atoms with Gasteiger partial charge in [0.05, 0.1) is 17.0 Å². The van der Waals surface area contributed by atoms with Crippen molar-refractivity contribution < 1.29 is 19.1 Å². The van der Waals surface area contributed by atoms with Crippen LogP contribution < -0.4 is 10.3 Å². The lowest BCUT2D eigenvalue weighted by Crippen LogP contribution is -2.34. The lowest BCUT2D eigenvalue weighted by molar-refractivity contribution is 0.0688. The van der Waals surface area contributed by atoms with Gasteiger partial charge >= 0.3 is 5.97 Å². The molecule has 1 aliphatic carbocycles. The predicted molar refractivity (Wildman–Crippen MR) is 109 cm³/mol. The van der Waals surface area contributed by atoms with Crippen molar-refractivity contribution in [3.05, 3.63) is 51.0 Å². The number of rotatable bonds is 2. The summed E-state index contributed by atoms with van der Waals surface area (Å²) in [5, 5.41) is 10.9. The van der Waals surface area contributed by atoms with Crippen LogP contribution in [0.25, 0.3) is 22.2 Å². The highest BCUT2D eigenvalue weighted by molar-refractivity contribution is 6.36. The quantitative estimate of drug-likeness (QED) is 0.606. The van der Waals surface area contributed by atoms with Crippen LogP contribution in [-0.4, -0.2) is 15.6 Å². The number of benzene rings is 1. The molecular formula is C22H20ClNO5. The molecule has 0 amide bonds. The number of carbonyl (C=O) groups is 1. The molecule has 150 valence electrons. The van der Waals surface area contributed by atoms with E-state index in [0.717, 1.165) is 18.2 Å². The van der Waals surface area contributed by atoms with E-state index < -0.39 is 17.6 Å². The van der Waals surface area contributed by atoms with Gasteiger partial charge in [0.25, 0.3) is 5.56 Å². The molecule has 0 saturated heterocycles. The van der Waals surface area contributed by atoms with Crippen LogP contribution in [-0.2, 0) is 0 Å². The molecule has 6 nitrogen and oxygen atoms in total. The van der Waals surface area contributed by atoms with E-state index in [1.54, 1.807) is 23.0 Å². The van der Waals surface area contributed by atoms with E-state index in [2.05, 4.69) is 0 Å². The minimum atomic E-state index is -1.23. The second kappa shape index (κ2) is 5.89. The minimum absolute atomic E-state index is 0.0202. The van der Waals surface area contributed by atoms with E-state index in [9.17, 15) is 14.7 Å². The maximum absolute atomic E-state index is 13.1. The summed E-state index contributed by atoms with van der Waals surface area (Å²) in [7, 11) is 0. The molecule has 2 aliphatic rings. The lowest BCUT2D eigenvalue weighted by atomic mass is 9.80. The molecule has 0 spiro atoms. The third-order valence-electron chi connectivity index (χ3n) is 5.61. The van der Waals surface area contributed by atoms with Crippen molar-refractivity contribution in [2.24, 2.45) is 5.41 Å². The largest absolute Gasteiger partial charge is 0.480 e.